The molecular weight excluding hydrogens is 404 g/mol. The van der Waals surface area contributed by atoms with Gasteiger partial charge in [-0.3, -0.25) is 9.69 Å². The van der Waals surface area contributed by atoms with Crippen LogP contribution in [-0.2, 0) is 14.3 Å². The van der Waals surface area contributed by atoms with Crippen molar-refractivity contribution in [2.75, 3.05) is 11.5 Å². The summed E-state index contributed by atoms with van der Waals surface area (Å²) in [6.45, 7) is 2.03. The number of esters is 1. The van der Waals surface area contributed by atoms with E-state index in [0.29, 0.717) is 11.4 Å². The van der Waals surface area contributed by atoms with Crippen molar-refractivity contribution in [3.05, 3.63) is 82.4 Å². The van der Waals surface area contributed by atoms with Gasteiger partial charge in [0.1, 0.15) is 17.1 Å². The molecule has 29 heavy (non-hydrogen) atoms. The summed E-state index contributed by atoms with van der Waals surface area (Å²) in [5.41, 5.74) is 8.06. The summed E-state index contributed by atoms with van der Waals surface area (Å²) < 4.78 is 6.02. The average molecular weight is 427 g/mol. The summed E-state index contributed by atoms with van der Waals surface area (Å²) in [6, 6.07) is 18.7. The summed E-state index contributed by atoms with van der Waals surface area (Å²) in [7, 11) is 0. The van der Waals surface area contributed by atoms with Gasteiger partial charge in [-0.1, -0.05) is 67.6 Å². The van der Waals surface area contributed by atoms with Crippen LogP contribution in [0.25, 0.3) is 0 Å². The van der Waals surface area contributed by atoms with Crippen LogP contribution >= 0.6 is 23.5 Å². The lowest BCUT2D eigenvalue weighted by molar-refractivity contribution is -0.152. The highest BCUT2D eigenvalue weighted by Gasteiger charge is 2.52. The van der Waals surface area contributed by atoms with E-state index in [0.717, 1.165) is 21.8 Å². The minimum absolute atomic E-state index is 0.196. The van der Waals surface area contributed by atoms with Gasteiger partial charge in [0.05, 0.1) is 0 Å². The lowest BCUT2D eigenvalue weighted by atomic mass is 10.0. The minimum atomic E-state index is -0.560. The minimum Gasteiger partial charge on any atom is -0.448 e. The maximum absolute atomic E-state index is 13.3. The number of benzene rings is 2. The monoisotopic (exact) mass is 426 g/mol. The fourth-order valence-electron chi connectivity index (χ4n) is 3.51. The molecule has 1 fully saturated rings. The van der Waals surface area contributed by atoms with Crippen LogP contribution in [0.1, 0.15) is 24.2 Å². The third-order valence-corrected chi connectivity index (χ3v) is 7.37. The van der Waals surface area contributed by atoms with E-state index < -0.39 is 18.1 Å². The number of rotatable bonds is 6. The van der Waals surface area contributed by atoms with Crippen molar-refractivity contribution in [3.63, 3.8) is 0 Å². The van der Waals surface area contributed by atoms with Gasteiger partial charge >= 0.3 is 5.97 Å². The van der Waals surface area contributed by atoms with Gasteiger partial charge in [0.2, 0.25) is 5.91 Å². The van der Waals surface area contributed by atoms with Crippen LogP contribution in [0.15, 0.2) is 71.3 Å². The molecule has 2 aromatic rings. The molecule has 0 spiro atoms. The zero-order valence-electron chi connectivity index (χ0n) is 16.0. The Bertz CT molecular complexity index is 894. The predicted octanol–water partition coefficient (Wildman–Crippen LogP) is 3.53. The van der Waals surface area contributed by atoms with Gasteiger partial charge in [-0.15, -0.1) is 23.5 Å². The average Bonchev–Trinajstić information content (AvgIpc) is 2.77. The molecule has 2 N–H and O–H groups in total. The number of fused-ring (bicyclic) bond motifs is 1. The second-order valence-corrected chi connectivity index (χ2v) is 9.21. The number of carbonyl (C=O) groups excluding carboxylic acids is 2. The Morgan fingerprint density at radius 1 is 1.17 bits per heavy atom. The molecule has 5 nitrogen and oxygen atoms in total. The first-order chi connectivity index (χ1) is 14.1. The van der Waals surface area contributed by atoms with Crippen LogP contribution in [0.2, 0.25) is 0 Å². The zero-order valence-corrected chi connectivity index (χ0v) is 17.6. The third-order valence-electron chi connectivity index (χ3n) is 4.92. The summed E-state index contributed by atoms with van der Waals surface area (Å²) in [6.07, 6.45) is -0.552. The highest BCUT2D eigenvalue weighted by molar-refractivity contribution is 8.06. The smallest absolute Gasteiger partial charge is 0.356 e. The van der Waals surface area contributed by atoms with Crippen LogP contribution < -0.4 is 5.73 Å². The summed E-state index contributed by atoms with van der Waals surface area (Å²) >= 11 is 3.17. The quantitative estimate of drug-likeness (QED) is 0.563. The molecule has 0 aromatic heterocycles. The molecule has 2 aromatic carbocycles. The second kappa shape index (κ2) is 8.65. The molecule has 1 unspecified atom stereocenters. The molecule has 0 bridgehead atoms. The van der Waals surface area contributed by atoms with Crippen molar-refractivity contribution in [3.8, 4) is 0 Å². The third kappa shape index (κ3) is 3.82. The molecule has 2 heterocycles. The highest BCUT2D eigenvalue weighted by atomic mass is 32.2. The van der Waals surface area contributed by atoms with Crippen LogP contribution in [0, 0.1) is 0 Å². The molecule has 7 heteroatoms. The number of carbonyl (C=O) groups is 2. The number of amides is 1. The summed E-state index contributed by atoms with van der Waals surface area (Å²) in [5.74, 6) is 0.766. The van der Waals surface area contributed by atoms with Gasteiger partial charge in [-0.2, -0.15) is 0 Å². The Labute approximate surface area is 178 Å². The molecule has 2 atom stereocenters. The van der Waals surface area contributed by atoms with E-state index in [1.165, 1.54) is 4.90 Å². The number of nitrogens with zero attached hydrogens (tertiary/aromatic N) is 1. The fraction of sp³-hybridized carbons (Fsp3) is 0.273. The van der Waals surface area contributed by atoms with Gasteiger partial charge in [-0.05, 0) is 16.9 Å². The van der Waals surface area contributed by atoms with E-state index in [2.05, 4.69) is 0 Å². The molecule has 0 aliphatic carbocycles. The normalized spacial score (nSPS) is 21.1. The molecular formula is C22H22N2O3S2. The van der Waals surface area contributed by atoms with Crippen molar-refractivity contribution in [1.82, 2.24) is 4.90 Å². The van der Waals surface area contributed by atoms with E-state index in [1.54, 1.807) is 23.5 Å². The topological polar surface area (TPSA) is 72.6 Å². The van der Waals surface area contributed by atoms with Gasteiger partial charge in [0.15, 0.2) is 6.10 Å². The van der Waals surface area contributed by atoms with Gasteiger partial charge in [-0.25, -0.2) is 4.79 Å². The summed E-state index contributed by atoms with van der Waals surface area (Å²) in [4.78, 5) is 28.2. The second-order valence-electron chi connectivity index (χ2n) is 6.75. The number of nitrogens with two attached hydrogens (primary N) is 1. The molecule has 4 rings (SSSR count). The highest BCUT2D eigenvalue weighted by Crippen LogP contribution is 2.43. The van der Waals surface area contributed by atoms with Crippen LogP contribution in [0.3, 0.4) is 0 Å². The number of hydrogen-bond donors (Lipinski definition) is 1. The maximum Gasteiger partial charge on any atom is 0.356 e. The Kier molecular flexibility index (Phi) is 5.99. The number of hydrogen-bond acceptors (Lipinski definition) is 6. The van der Waals surface area contributed by atoms with Gasteiger partial charge in [0.25, 0.3) is 0 Å². The maximum atomic E-state index is 13.3. The Morgan fingerprint density at radius 2 is 1.76 bits per heavy atom. The fourth-order valence-corrected chi connectivity index (χ4v) is 5.85. The first kappa shape index (κ1) is 20.1. The number of β-lactam (4-membered cyclic amide) rings is 1. The van der Waals surface area contributed by atoms with Crippen LogP contribution in [0.4, 0.5) is 0 Å². The number of ether oxygens (including phenoxy) is 1. The summed E-state index contributed by atoms with van der Waals surface area (Å²) in [5, 5.41) is -0.196. The van der Waals surface area contributed by atoms with Crippen molar-refractivity contribution >= 4 is 35.4 Å². The first-order valence-corrected chi connectivity index (χ1v) is 11.5. The standard InChI is InChI=1S/C22H22N2O3S2/c1-2-28-16-13-29-21-17(23)20(25)24(21)18(16)22(26)27-19(14-9-5-3-6-10-14)15-11-7-4-8-12-15/h3-12,17,19,21H,2,13,23H2,1H3/t17?,21-/m0/s1. The molecule has 2 aliphatic heterocycles. The molecule has 0 saturated carbocycles. The lowest BCUT2D eigenvalue weighted by Crippen LogP contribution is -2.68. The molecule has 0 radical (unpaired) electrons. The Balaban J connectivity index is 1.68. The Hall–Kier alpha value is -2.22. The van der Waals surface area contributed by atoms with E-state index in [4.69, 9.17) is 10.5 Å². The van der Waals surface area contributed by atoms with Crippen molar-refractivity contribution in [2.24, 2.45) is 5.73 Å². The van der Waals surface area contributed by atoms with Crippen LogP contribution in [-0.4, -0.2) is 39.7 Å². The van der Waals surface area contributed by atoms with Gasteiger partial charge < -0.3 is 10.5 Å². The molecule has 1 amide bonds. The largest absolute Gasteiger partial charge is 0.448 e. The Morgan fingerprint density at radius 3 is 2.31 bits per heavy atom. The predicted molar refractivity (Wildman–Crippen MR) is 117 cm³/mol. The van der Waals surface area contributed by atoms with Crippen LogP contribution in [0.5, 0.6) is 0 Å². The van der Waals surface area contributed by atoms with Crippen molar-refractivity contribution in [1.29, 1.82) is 0 Å². The van der Waals surface area contributed by atoms with Crippen molar-refractivity contribution in [2.45, 2.75) is 24.4 Å². The molecule has 1 saturated heterocycles. The SMILES string of the molecule is CCSC1=C(C(=O)OC(c2ccccc2)c2ccccc2)N2C(=O)C(N)[C@@H]2SC1. The molecule has 150 valence electrons. The first-order valence-electron chi connectivity index (χ1n) is 9.49. The lowest BCUT2D eigenvalue weighted by Gasteiger charge is -2.48. The van der Waals surface area contributed by atoms with Crippen molar-refractivity contribution < 1.29 is 14.3 Å². The zero-order chi connectivity index (χ0) is 20.4. The van der Waals surface area contributed by atoms with Gasteiger partial charge in [0, 0.05) is 10.7 Å². The van der Waals surface area contributed by atoms with E-state index in [1.807, 2.05) is 67.6 Å². The number of thioether (sulfide) groups is 2. The van der Waals surface area contributed by atoms with E-state index >= 15 is 0 Å². The van der Waals surface area contributed by atoms with E-state index in [-0.39, 0.29) is 11.3 Å². The molecule has 2 aliphatic rings. The van der Waals surface area contributed by atoms with E-state index in [9.17, 15) is 9.59 Å².